The van der Waals surface area contributed by atoms with Gasteiger partial charge in [-0.1, -0.05) is 18.2 Å². The molecule has 1 aromatic heterocycles. The molecule has 0 unspecified atom stereocenters. The Morgan fingerprint density at radius 1 is 1.20 bits per heavy atom. The number of hydrogen-bond donors (Lipinski definition) is 0. The molecule has 3 nitrogen and oxygen atoms in total. The Morgan fingerprint density at radius 2 is 1.93 bits per heavy atom. The summed E-state index contributed by atoms with van der Waals surface area (Å²) in [7, 11) is 0. The van der Waals surface area contributed by atoms with E-state index in [1.165, 1.54) is 0 Å². The van der Waals surface area contributed by atoms with Crippen molar-refractivity contribution in [3.05, 3.63) is 47.8 Å². The summed E-state index contributed by atoms with van der Waals surface area (Å²) >= 11 is 0. The molecule has 3 heteroatoms. The molecule has 74 valence electrons. The lowest BCUT2D eigenvalue weighted by Gasteiger charge is -2.00. The third-order valence-corrected chi connectivity index (χ3v) is 2.06. The molecule has 0 saturated carbocycles. The fraction of sp³-hybridized carbons (Fsp3) is 0.0833. The molecule has 2 aromatic rings. The van der Waals surface area contributed by atoms with Gasteiger partial charge < -0.3 is 0 Å². The Balaban J connectivity index is 2.44. The van der Waals surface area contributed by atoms with Crippen LogP contribution in [0.1, 0.15) is 15.9 Å². The molecule has 0 aliphatic heterocycles. The van der Waals surface area contributed by atoms with E-state index in [1.54, 1.807) is 24.5 Å². The van der Waals surface area contributed by atoms with Gasteiger partial charge in [0.15, 0.2) is 5.82 Å². The van der Waals surface area contributed by atoms with Crippen LogP contribution in [0.15, 0.2) is 36.7 Å². The molecule has 0 saturated heterocycles. The summed E-state index contributed by atoms with van der Waals surface area (Å²) < 4.78 is 0. The van der Waals surface area contributed by atoms with Crippen LogP contribution in [0.25, 0.3) is 11.4 Å². The summed E-state index contributed by atoms with van der Waals surface area (Å²) in [6, 6.07) is 7.24. The Hall–Kier alpha value is -2.03. The Bertz CT molecular complexity index is 477. The second kappa shape index (κ2) is 4.00. The van der Waals surface area contributed by atoms with Gasteiger partial charge in [-0.05, 0) is 18.6 Å². The first kappa shape index (κ1) is 9.52. The third kappa shape index (κ3) is 2.07. The first-order chi connectivity index (χ1) is 7.29. The van der Waals surface area contributed by atoms with E-state index in [2.05, 4.69) is 9.97 Å². The first-order valence-corrected chi connectivity index (χ1v) is 4.64. The molecule has 0 spiro atoms. The zero-order chi connectivity index (χ0) is 10.7. The maximum Gasteiger partial charge on any atom is 0.159 e. The molecule has 0 bridgehead atoms. The zero-order valence-electron chi connectivity index (χ0n) is 8.34. The quantitative estimate of drug-likeness (QED) is 0.695. The smallest absolute Gasteiger partial charge is 0.159 e. The van der Waals surface area contributed by atoms with Gasteiger partial charge in [0.1, 0.15) is 6.29 Å². The first-order valence-electron chi connectivity index (χ1n) is 4.64. The molecular formula is C12H10N2O. The van der Waals surface area contributed by atoms with Crippen LogP contribution in [-0.2, 0) is 0 Å². The molecule has 15 heavy (non-hydrogen) atoms. The van der Waals surface area contributed by atoms with Crippen LogP contribution in [0.2, 0.25) is 0 Å². The fourth-order valence-corrected chi connectivity index (χ4v) is 1.29. The van der Waals surface area contributed by atoms with Crippen molar-refractivity contribution in [3.8, 4) is 11.4 Å². The van der Waals surface area contributed by atoms with Crippen molar-refractivity contribution >= 4 is 6.29 Å². The summed E-state index contributed by atoms with van der Waals surface area (Å²) in [6.07, 6.45) is 4.34. The highest BCUT2D eigenvalue weighted by Gasteiger charge is 2.00. The lowest BCUT2D eigenvalue weighted by Crippen LogP contribution is -1.90. The maximum atomic E-state index is 10.6. The van der Waals surface area contributed by atoms with Gasteiger partial charge in [-0.15, -0.1) is 0 Å². The number of hydrogen-bond acceptors (Lipinski definition) is 3. The third-order valence-electron chi connectivity index (χ3n) is 2.06. The van der Waals surface area contributed by atoms with Gasteiger partial charge in [0, 0.05) is 23.5 Å². The lowest BCUT2D eigenvalue weighted by atomic mass is 10.1. The fourth-order valence-electron chi connectivity index (χ4n) is 1.29. The van der Waals surface area contributed by atoms with Gasteiger partial charge >= 0.3 is 0 Å². The minimum Gasteiger partial charge on any atom is -0.298 e. The van der Waals surface area contributed by atoms with Crippen LogP contribution in [-0.4, -0.2) is 16.3 Å². The van der Waals surface area contributed by atoms with Gasteiger partial charge in [-0.25, -0.2) is 9.97 Å². The van der Waals surface area contributed by atoms with Crippen molar-refractivity contribution in [2.75, 3.05) is 0 Å². The van der Waals surface area contributed by atoms with Gasteiger partial charge in [0.05, 0.1) is 0 Å². The zero-order valence-corrected chi connectivity index (χ0v) is 8.34. The summed E-state index contributed by atoms with van der Waals surface area (Å²) in [5, 5.41) is 0. The second-order valence-corrected chi connectivity index (χ2v) is 3.33. The summed E-state index contributed by atoms with van der Waals surface area (Å²) in [5.74, 6) is 0.643. The predicted molar refractivity (Wildman–Crippen MR) is 57.6 cm³/mol. The summed E-state index contributed by atoms with van der Waals surface area (Å²) in [4.78, 5) is 19.0. The average Bonchev–Trinajstić information content (AvgIpc) is 2.30. The number of aldehydes is 1. The van der Waals surface area contributed by atoms with Gasteiger partial charge in [-0.3, -0.25) is 4.79 Å². The molecule has 0 aliphatic carbocycles. The SMILES string of the molecule is Cc1cnc(-c2cccc(C=O)c2)nc1. The molecule has 0 amide bonds. The number of aromatic nitrogens is 2. The number of carbonyl (C=O) groups is 1. The van der Waals surface area contributed by atoms with Crippen LogP contribution in [0.5, 0.6) is 0 Å². The van der Waals surface area contributed by atoms with Gasteiger partial charge in [-0.2, -0.15) is 0 Å². The number of aryl methyl sites for hydroxylation is 1. The highest BCUT2D eigenvalue weighted by Crippen LogP contribution is 2.14. The second-order valence-electron chi connectivity index (χ2n) is 3.33. The van der Waals surface area contributed by atoms with E-state index in [0.29, 0.717) is 11.4 Å². The Morgan fingerprint density at radius 3 is 2.60 bits per heavy atom. The number of carbonyl (C=O) groups excluding carboxylic acids is 1. The molecule has 0 radical (unpaired) electrons. The van der Waals surface area contributed by atoms with E-state index >= 15 is 0 Å². The van der Waals surface area contributed by atoms with E-state index in [4.69, 9.17) is 0 Å². The maximum absolute atomic E-state index is 10.6. The largest absolute Gasteiger partial charge is 0.298 e. The topological polar surface area (TPSA) is 42.9 Å². The number of benzene rings is 1. The molecule has 0 fully saturated rings. The van der Waals surface area contributed by atoms with E-state index in [-0.39, 0.29) is 0 Å². The van der Waals surface area contributed by atoms with Crippen molar-refractivity contribution in [1.82, 2.24) is 9.97 Å². The molecule has 1 heterocycles. The molecule has 0 aliphatic rings. The lowest BCUT2D eigenvalue weighted by molar-refractivity contribution is 0.112. The summed E-state index contributed by atoms with van der Waals surface area (Å²) in [5.41, 5.74) is 2.52. The van der Waals surface area contributed by atoms with Gasteiger partial charge in [0.25, 0.3) is 0 Å². The molecule has 2 rings (SSSR count). The van der Waals surface area contributed by atoms with Crippen LogP contribution >= 0.6 is 0 Å². The standard InChI is InChI=1S/C12H10N2O/c1-9-6-13-12(14-7-9)11-4-2-3-10(5-11)8-15/h2-8H,1H3. The highest BCUT2D eigenvalue weighted by atomic mass is 16.1. The van der Waals surface area contributed by atoms with Crippen molar-refractivity contribution < 1.29 is 4.79 Å². The Labute approximate surface area is 87.8 Å². The van der Waals surface area contributed by atoms with Crippen LogP contribution < -0.4 is 0 Å². The van der Waals surface area contributed by atoms with Crippen molar-refractivity contribution in [2.45, 2.75) is 6.92 Å². The minimum atomic E-state index is 0.636. The number of nitrogens with zero attached hydrogens (tertiary/aromatic N) is 2. The molecule has 0 atom stereocenters. The van der Waals surface area contributed by atoms with E-state index in [9.17, 15) is 4.79 Å². The molecular weight excluding hydrogens is 188 g/mol. The van der Waals surface area contributed by atoms with Crippen LogP contribution in [0, 0.1) is 6.92 Å². The van der Waals surface area contributed by atoms with E-state index in [0.717, 1.165) is 17.4 Å². The van der Waals surface area contributed by atoms with Crippen molar-refractivity contribution in [3.63, 3.8) is 0 Å². The van der Waals surface area contributed by atoms with Crippen molar-refractivity contribution in [2.24, 2.45) is 0 Å². The molecule has 0 N–H and O–H groups in total. The van der Waals surface area contributed by atoms with Gasteiger partial charge in [0.2, 0.25) is 0 Å². The monoisotopic (exact) mass is 198 g/mol. The average molecular weight is 198 g/mol. The highest BCUT2D eigenvalue weighted by molar-refractivity contribution is 5.77. The number of rotatable bonds is 2. The summed E-state index contributed by atoms with van der Waals surface area (Å²) in [6.45, 7) is 1.94. The van der Waals surface area contributed by atoms with Crippen LogP contribution in [0.4, 0.5) is 0 Å². The van der Waals surface area contributed by atoms with Crippen LogP contribution in [0.3, 0.4) is 0 Å². The Kier molecular flexibility index (Phi) is 2.54. The van der Waals surface area contributed by atoms with E-state index in [1.807, 2.05) is 19.1 Å². The van der Waals surface area contributed by atoms with E-state index < -0.39 is 0 Å². The minimum absolute atomic E-state index is 0.636. The predicted octanol–water partition coefficient (Wildman–Crippen LogP) is 2.26. The molecule has 1 aromatic carbocycles. The normalized spacial score (nSPS) is 9.93. The van der Waals surface area contributed by atoms with Crippen molar-refractivity contribution in [1.29, 1.82) is 0 Å².